The van der Waals surface area contributed by atoms with Crippen molar-refractivity contribution in [1.29, 1.82) is 0 Å². The van der Waals surface area contributed by atoms with Gasteiger partial charge < -0.3 is 14.9 Å². The Morgan fingerprint density at radius 3 is 2.22 bits per heavy atom. The Hall–Kier alpha value is -3.69. The summed E-state index contributed by atoms with van der Waals surface area (Å²) >= 11 is 5.97. The number of aromatic nitrogens is 5. The summed E-state index contributed by atoms with van der Waals surface area (Å²) in [6.07, 6.45) is 4.61. The zero-order valence-corrected chi connectivity index (χ0v) is 20.7. The molecule has 1 aromatic carbocycles. The second-order valence-corrected chi connectivity index (χ2v) is 9.17. The van der Waals surface area contributed by atoms with Crippen LogP contribution in [0.15, 0.2) is 78.1 Å². The summed E-state index contributed by atoms with van der Waals surface area (Å²) in [5, 5.41) is 15.8. The largest absolute Gasteiger partial charge is 0.386 e. The van der Waals surface area contributed by atoms with Gasteiger partial charge in [0.2, 0.25) is 0 Å². The molecule has 1 saturated heterocycles. The summed E-state index contributed by atoms with van der Waals surface area (Å²) in [5.41, 5.74) is 0.980. The molecule has 2 atom stereocenters. The summed E-state index contributed by atoms with van der Waals surface area (Å²) in [4.78, 5) is 26.7. The van der Waals surface area contributed by atoms with Crippen molar-refractivity contribution in [3.05, 3.63) is 94.4 Å². The second kappa shape index (κ2) is 10.5. The molecule has 10 heteroatoms. The number of aliphatic hydroxyl groups is 1. The van der Waals surface area contributed by atoms with Crippen molar-refractivity contribution in [2.24, 2.45) is 0 Å². The lowest BCUT2D eigenvalue weighted by Gasteiger charge is -2.36. The molecule has 0 unspecified atom stereocenters. The van der Waals surface area contributed by atoms with Gasteiger partial charge in [0, 0.05) is 37.4 Å². The first-order chi connectivity index (χ1) is 17.5. The van der Waals surface area contributed by atoms with Gasteiger partial charge in [-0.1, -0.05) is 36.7 Å². The lowest BCUT2D eigenvalue weighted by Crippen LogP contribution is -2.47. The predicted molar refractivity (Wildman–Crippen MR) is 140 cm³/mol. The molecule has 1 aliphatic rings. The number of pyridine rings is 2. The van der Waals surface area contributed by atoms with E-state index in [0.717, 1.165) is 37.8 Å². The van der Waals surface area contributed by atoms with E-state index < -0.39 is 12.1 Å². The Kier molecular flexibility index (Phi) is 7.02. The van der Waals surface area contributed by atoms with E-state index in [9.17, 15) is 9.90 Å². The number of piperazine rings is 1. The van der Waals surface area contributed by atoms with Gasteiger partial charge in [0.1, 0.15) is 24.1 Å². The SMILES string of the molecule is CC[C@H]([C@H](O)c1ccc(Cl)cc1)n1ncn(-c2ccc(N3CCN(c4ccccn4)CC3)nc2)c1=O. The highest BCUT2D eigenvalue weighted by Crippen LogP contribution is 2.28. The van der Waals surface area contributed by atoms with E-state index in [1.165, 1.54) is 15.6 Å². The number of aliphatic hydroxyl groups excluding tert-OH is 1. The van der Waals surface area contributed by atoms with Crippen LogP contribution in [-0.2, 0) is 0 Å². The van der Waals surface area contributed by atoms with Gasteiger partial charge in [0.25, 0.3) is 0 Å². The minimum absolute atomic E-state index is 0.326. The lowest BCUT2D eigenvalue weighted by atomic mass is 10.0. The van der Waals surface area contributed by atoms with Crippen molar-refractivity contribution in [2.75, 3.05) is 36.0 Å². The molecule has 4 heterocycles. The Balaban J connectivity index is 1.29. The number of rotatable bonds is 7. The molecule has 1 fully saturated rings. The van der Waals surface area contributed by atoms with Crippen molar-refractivity contribution in [2.45, 2.75) is 25.5 Å². The van der Waals surface area contributed by atoms with Gasteiger partial charge in [-0.15, -0.1) is 0 Å². The van der Waals surface area contributed by atoms with Crippen molar-refractivity contribution in [3.63, 3.8) is 0 Å². The molecule has 186 valence electrons. The van der Waals surface area contributed by atoms with Gasteiger partial charge in [0.05, 0.1) is 17.9 Å². The van der Waals surface area contributed by atoms with Crippen LogP contribution in [0, 0.1) is 0 Å². The summed E-state index contributed by atoms with van der Waals surface area (Å²) in [6.45, 7) is 5.31. The number of halogens is 1. The number of hydrogen-bond donors (Lipinski definition) is 1. The van der Waals surface area contributed by atoms with E-state index in [1.807, 2.05) is 43.5 Å². The van der Waals surface area contributed by atoms with Gasteiger partial charge >= 0.3 is 5.69 Å². The first-order valence-corrected chi connectivity index (χ1v) is 12.4. The molecule has 0 saturated carbocycles. The van der Waals surface area contributed by atoms with Crippen LogP contribution in [0.1, 0.15) is 31.1 Å². The topological polar surface area (TPSA) is 92.3 Å². The van der Waals surface area contributed by atoms with E-state index >= 15 is 0 Å². The minimum atomic E-state index is -0.890. The summed E-state index contributed by atoms with van der Waals surface area (Å²) in [7, 11) is 0. The third-order valence-electron chi connectivity index (χ3n) is 6.59. The maximum Gasteiger partial charge on any atom is 0.350 e. The maximum atomic E-state index is 13.2. The summed E-state index contributed by atoms with van der Waals surface area (Å²) in [5.74, 6) is 1.85. The van der Waals surface area contributed by atoms with Gasteiger partial charge in [-0.3, -0.25) is 0 Å². The molecule has 3 aromatic heterocycles. The number of benzene rings is 1. The third-order valence-corrected chi connectivity index (χ3v) is 6.84. The standard InChI is InChI=1S/C26H28ClN7O2/c1-2-22(25(35)19-6-8-20(27)9-7-19)34-26(36)33(18-30-34)21-10-11-24(29-17-21)32-15-13-31(14-16-32)23-5-3-4-12-28-23/h3-12,17-18,22,25,35H,2,13-16H2,1H3/t22-,25-/m1/s1. The van der Waals surface area contributed by atoms with Crippen molar-refractivity contribution >= 4 is 23.2 Å². The van der Waals surface area contributed by atoms with E-state index in [-0.39, 0.29) is 5.69 Å². The molecule has 0 spiro atoms. The third kappa shape index (κ3) is 4.84. The molecule has 1 N–H and O–H groups in total. The molecule has 0 aliphatic carbocycles. The minimum Gasteiger partial charge on any atom is -0.386 e. The van der Waals surface area contributed by atoms with Crippen molar-refractivity contribution < 1.29 is 5.11 Å². The monoisotopic (exact) mass is 505 g/mol. The van der Waals surface area contributed by atoms with Crippen molar-refractivity contribution in [1.82, 2.24) is 24.3 Å². The molecule has 0 bridgehead atoms. The Morgan fingerprint density at radius 1 is 0.944 bits per heavy atom. The van der Waals surface area contributed by atoms with Crippen LogP contribution in [0.2, 0.25) is 5.02 Å². The zero-order valence-electron chi connectivity index (χ0n) is 20.0. The van der Waals surface area contributed by atoms with Crippen LogP contribution in [0.5, 0.6) is 0 Å². The second-order valence-electron chi connectivity index (χ2n) is 8.74. The molecule has 36 heavy (non-hydrogen) atoms. The van der Waals surface area contributed by atoms with E-state index in [4.69, 9.17) is 11.6 Å². The number of nitrogens with zero attached hydrogens (tertiary/aromatic N) is 7. The van der Waals surface area contributed by atoms with Crippen LogP contribution in [0.4, 0.5) is 11.6 Å². The van der Waals surface area contributed by atoms with Gasteiger partial charge in [-0.2, -0.15) is 5.10 Å². The molecule has 9 nitrogen and oxygen atoms in total. The summed E-state index contributed by atoms with van der Waals surface area (Å²) < 4.78 is 2.79. The predicted octanol–water partition coefficient (Wildman–Crippen LogP) is 3.49. The highest BCUT2D eigenvalue weighted by atomic mass is 35.5. The smallest absolute Gasteiger partial charge is 0.350 e. The van der Waals surface area contributed by atoms with Crippen LogP contribution in [0.25, 0.3) is 5.69 Å². The van der Waals surface area contributed by atoms with E-state index in [1.54, 1.807) is 30.5 Å². The first-order valence-electron chi connectivity index (χ1n) is 12.0. The van der Waals surface area contributed by atoms with Gasteiger partial charge in [0.15, 0.2) is 0 Å². The van der Waals surface area contributed by atoms with Gasteiger partial charge in [-0.05, 0) is 48.4 Å². The fourth-order valence-corrected chi connectivity index (χ4v) is 4.67. The zero-order chi connectivity index (χ0) is 25.1. The molecular formula is C26H28ClN7O2. The molecular weight excluding hydrogens is 478 g/mol. The Labute approximate surface area is 214 Å². The van der Waals surface area contributed by atoms with Crippen LogP contribution in [-0.4, -0.2) is 55.6 Å². The lowest BCUT2D eigenvalue weighted by molar-refractivity contribution is 0.101. The average Bonchev–Trinajstić information content (AvgIpc) is 3.31. The van der Waals surface area contributed by atoms with E-state index in [0.29, 0.717) is 22.7 Å². The quantitative estimate of drug-likeness (QED) is 0.411. The van der Waals surface area contributed by atoms with Crippen LogP contribution in [0.3, 0.4) is 0 Å². The average molecular weight is 506 g/mol. The molecule has 4 aromatic rings. The first kappa shape index (κ1) is 24.0. The Bertz CT molecular complexity index is 1330. The number of anilines is 2. The van der Waals surface area contributed by atoms with Crippen molar-refractivity contribution in [3.8, 4) is 5.69 Å². The summed E-state index contributed by atoms with van der Waals surface area (Å²) in [6, 6.07) is 16.2. The van der Waals surface area contributed by atoms with E-state index in [2.05, 4.69) is 24.9 Å². The number of hydrogen-bond acceptors (Lipinski definition) is 7. The molecule has 5 rings (SSSR count). The van der Waals surface area contributed by atoms with Crippen LogP contribution >= 0.6 is 11.6 Å². The van der Waals surface area contributed by atoms with Gasteiger partial charge in [-0.25, -0.2) is 24.0 Å². The highest BCUT2D eigenvalue weighted by molar-refractivity contribution is 6.30. The highest BCUT2D eigenvalue weighted by Gasteiger charge is 2.25. The molecule has 1 aliphatic heterocycles. The molecule has 0 amide bonds. The maximum absolute atomic E-state index is 13.2. The molecule has 0 radical (unpaired) electrons. The van der Waals surface area contributed by atoms with Crippen LogP contribution < -0.4 is 15.5 Å². The fourth-order valence-electron chi connectivity index (χ4n) is 4.55. The normalized spacial score (nSPS) is 15.6. The fraction of sp³-hybridized carbons (Fsp3) is 0.308. The Morgan fingerprint density at radius 2 is 1.64 bits per heavy atom.